The average molecular weight is 471 g/mol. The SMILES string of the molecule is Cc1c(CC(=O)NC(Cc2c[nH]c3ccc(O)cc23)C(=O)O)c(=O)oc2cc(O)c(Cl)cc12. The summed E-state index contributed by atoms with van der Waals surface area (Å²) in [7, 11) is 0. The highest BCUT2D eigenvalue weighted by Gasteiger charge is 2.24. The van der Waals surface area contributed by atoms with Crippen molar-refractivity contribution in [3.8, 4) is 11.5 Å². The lowest BCUT2D eigenvalue weighted by atomic mass is 10.0. The number of fused-ring (bicyclic) bond motifs is 2. The van der Waals surface area contributed by atoms with Crippen LogP contribution >= 0.6 is 11.6 Å². The number of hydrogen-bond acceptors (Lipinski definition) is 6. The molecule has 0 saturated heterocycles. The number of aromatic amines is 1. The first-order valence-corrected chi connectivity index (χ1v) is 10.3. The molecule has 2 aromatic heterocycles. The highest BCUT2D eigenvalue weighted by Crippen LogP contribution is 2.31. The van der Waals surface area contributed by atoms with Crippen LogP contribution in [0.5, 0.6) is 11.5 Å². The van der Waals surface area contributed by atoms with Crippen molar-refractivity contribution in [1.82, 2.24) is 10.3 Å². The van der Waals surface area contributed by atoms with Crippen LogP contribution in [0.1, 0.15) is 16.7 Å². The van der Waals surface area contributed by atoms with Crippen LogP contribution in [0.4, 0.5) is 0 Å². The number of aliphatic carboxylic acids is 1. The van der Waals surface area contributed by atoms with Crippen LogP contribution in [0, 0.1) is 6.92 Å². The number of carbonyl (C=O) groups is 2. The number of halogens is 1. The van der Waals surface area contributed by atoms with E-state index in [-0.39, 0.29) is 34.1 Å². The van der Waals surface area contributed by atoms with Crippen molar-refractivity contribution in [3.05, 3.63) is 68.7 Å². The first kappa shape index (κ1) is 22.2. The molecule has 33 heavy (non-hydrogen) atoms. The van der Waals surface area contributed by atoms with Crippen molar-refractivity contribution in [3.63, 3.8) is 0 Å². The van der Waals surface area contributed by atoms with Crippen LogP contribution in [0.25, 0.3) is 21.9 Å². The van der Waals surface area contributed by atoms with E-state index >= 15 is 0 Å². The number of carboxylic acid groups (broad SMARTS) is 1. The Morgan fingerprint density at radius 3 is 2.67 bits per heavy atom. The normalized spacial score (nSPS) is 12.2. The smallest absolute Gasteiger partial charge is 0.340 e. The van der Waals surface area contributed by atoms with Crippen LogP contribution in [0.2, 0.25) is 5.02 Å². The molecular formula is C23H19ClN2O7. The van der Waals surface area contributed by atoms with Crippen molar-refractivity contribution in [2.45, 2.75) is 25.8 Å². The fourth-order valence-corrected chi connectivity index (χ4v) is 3.93. The molecule has 170 valence electrons. The Morgan fingerprint density at radius 2 is 1.94 bits per heavy atom. The number of aryl methyl sites for hydroxylation is 1. The second-order valence-corrected chi connectivity index (χ2v) is 8.08. The number of carboxylic acids is 1. The first-order valence-electron chi connectivity index (χ1n) is 9.90. The van der Waals surface area contributed by atoms with Gasteiger partial charge in [-0.05, 0) is 42.3 Å². The predicted molar refractivity (Wildman–Crippen MR) is 121 cm³/mol. The second-order valence-electron chi connectivity index (χ2n) is 7.68. The van der Waals surface area contributed by atoms with Crippen LogP contribution in [-0.2, 0) is 22.4 Å². The van der Waals surface area contributed by atoms with E-state index in [1.165, 1.54) is 24.3 Å². The predicted octanol–water partition coefficient (Wildman–Crippen LogP) is 3.00. The van der Waals surface area contributed by atoms with Gasteiger partial charge in [-0.2, -0.15) is 0 Å². The van der Waals surface area contributed by atoms with Gasteiger partial charge in [-0.25, -0.2) is 9.59 Å². The summed E-state index contributed by atoms with van der Waals surface area (Å²) in [6, 6.07) is 6.06. The van der Waals surface area contributed by atoms with E-state index in [4.69, 9.17) is 16.0 Å². The fraction of sp³-hybridized carbons (Fsp3) is 0.174. The van der Waals surface area contributed by atoms with Gasteiger partial charge in [0.1, 0.15) is 23.1 Å². The van der Waals surface area contributed by atoms with Crippen LogP contribution in [-0.4, -0.2) is 38.2 Å². The van der Waals surface area contributed by atoms with Crippen molar-refractivity contribution in [2.75, 3.05) is 0 Å². The number of phenolic OH excluding ortho intramolecular Hbond substituents is 2. The molecule has 0 fully saturated rings. The van der Waals surface area contributed by atoms with E-state index in [1.54, 1.807) is 19.2 Å². The molecule has 1 unspecified atom stereocenters. The number of benzene rings is 2. The summed E-state index contributed by atoms with van der Waals surface area (Å²) in [5.74, 6) is -2.13. The molecule has 1 amide bonds. The maximum Gasteiger partial charge on any atom is 0.340 e. The molecule has 4 rings (SSSR count). The van der Waals surface area contributed by atoms with Gasteiger partial charge < -0.3 is 30.0 Å². The first-order chi connectivity index (χ1) is 15.6. The number of phenols is 2. The molecule has 0 aliphatic rings. The number of hydrogen-bond donors (Lipinski definition) is 5. The van der Waals surface area contributed by atoms with Gasteiger partial charge in [0.25, 0.3) is 0 Å². The number of aromatic nitrogens is 1. The fourth-order valence-electron chi connectivity index (χ4n) is 3.76. The molecule has 2 heterocycles. The van der Waals surface area contributed by atoms with Gasteiger partial charge >= 0.3 is 11.6 Å². The number of amides is 1. The van der Waals surface area contributed by atoms with E-state index in [1.807, 2.05) is 0 Å². The second kappa shape index (κ2) is 8.51. The van der Waals surface area contributed by atoms with Gasteiger partial charge in [0, 0.05) is 35.0 Å². The van der Waals surface area contributed by atoms with Gasteiger partial charge in [-0.15, -0.1) is 0 Å². The number of aromatic hydroxyl groups is 2. The number of H-pyrrole nitrogens is 1. The van der Waals surface area contributed by atoms with Gasteiger partial charge in [0.05, 0.1) is 17.0 Å². The van der Waals surface area contributed by atoms with Crippen LogP contribution < -0.4 is 10.9 Å². The summed E-state index contributed by atoms with van der Waals surface area (Å²) in [5.41, 5.74) is 1.17. The third-order valence-corrected chi connectivity index (χ3v) is 5.80. The van der Waals surface area contributed by atoms with E-state index in [2.05, 4.69) is 10.3 Å². The Labute approximate surface area is 191 Å². The lowest BCUT2D eigenvalue weighted by Crippen LogP contribution is -2.43. The quantitative estimate of drug-likeness (QED) is 0.271. The summed E-state index contributed by atoms with van der Waals surface area (Å²) in [6.45, 7) is 1.61. The number of rotatable bonds is 6. The van der Waals surface area contributed by atoms with Crippen molar-refractivity contribution < 1.29 is 29.3 Å². The topological polar surface area (TPSA) is 153 Å². The summed E-state index contributed by atoms with van der Waals surface area (Å²) in [6.07, 6.45) is 1.18. The van der Waals surface area contributed by atoms with E-state index in [0.717, 1.165) is 0 Å². The molecule has 0 bridgehead atoms. The summed E-state index contributed by atoms with van der Waals surface area (Å²) < 4.78 is 5.21. The minimum Gasteiger partial charge on any atom is -0.508 e. The number of nitrogens with one attached hydrogen (secondary N) is 2. The van der Waals surface area contributed by atoms with E-state index < -0.39 is 30.0 Å². The molecule has 2 aromatic carbocycles. The molecule has 0 aliphatic carbocycles. The van der Waals surface area contributed by atoms with Gasteiger partial charge in [-0.3, -0.25) is 4.79 Å². The van der Waals surface area contributed by atoms with Gasteiger partial charge in [-0.1, -0.05) is 11.6 Å². The molecule has 9 nitrogen and oxygen atoms in total. The lowest BCUT2D eigenvalue weighted by molar-refractivity contribution is -0.141. The molecule has 1 atom stereocenters. The zero-order valence-electron chi connectivity index (χ0n) is 17.3. The molecule has 4 aromatic rings. The summed E-state index contributed by atoms with van der Waals surface area (Å²) in [4.78, 5) is 39.9. The standard InChI is InChI=1S/C23H19ClN2O7/c1-10-13-6-16(24)19(28)8-20(13)33-23(32)14(10)7-21(29)26-18(22(30)31)4-11-9-25-17-3-2-12(27)5-15(11)17/h2-3,5-6,8-9,18,25,27-28H,4,7H2,1H3,(H,26,29)(H,30,31). The van der Waals surface area contributed by atoms with Crippen LogP contribution in [0.3, 0.4) is 0 Å². The zero-order chi connectivity index (χ0) is 23.9. The third kappa shape index (κ3) is 4.35. The maximum absolute atomic E-state index is 12.7. The van der Waals surface area contributed by atoms with E-state index in [9.17, 15) is 29.7 Å². The molecule has 10 heteroatoms. The summed E-state index contributed by atoms with van der Waals surface area (Å²) in [5, 5.41) is 32.7. The molecule has 0 spiro atoms. The maximum atomic E-state index is 12.7. The van der Waals surface area contributed by atoms with Crippen molar-refractivity contribution >= 4 is 45.3 Å². The molecule has 5 N–H and O–H groups in total. The van der Waals surface area contributed by atoms with Crippen molar-refractivity contribution in [2.24, 2.45) is 0 Å². The number of carbonyl (C=O) groups excluding carboxylic acids is 1. The average Bonchev–Trinajstić information content (AvgIpc) is 3.14. The highest BCUT2D eigenvalue weighted by atomic mass is 35.5. The zero-order valence-corrected chi connectivity index (χ0v) is 18.1. The molecule has 0 radical (unpaired) electrons. The molecule has 0 aliphatic heterocycles. The Hall–Kier alpha value is -3.98. The minimum absolute atomic E-state index is 0.0335. The van der Waals surface area contributed by atoms with Crippen molar-refractivity contribution in [1.29, 1.82) is 0 Å². The lowest BCUT2D eigenvalue weighted by Gasteiger charge is -2.15. The Morgan fingerprint density at radius 1 is 1.18 bits per heavy atom. The van der Waals surface area contributed by atoms with Gasteiger partial charge in [0.15, 0.2) is 0 Å². The highest BCUT2D eigenvalue weighted by molar-refractivity contribution is 6.32. The largest absolute Gasteiger partial charge is 0.508 e. The minimum atomic E-state index is -1.27. The van der Waals surface area contributed by atoms with Gasteiger partial charge in [0.2, 0.25) is 5.91 Å². The molecule has 0 saturated carbocycles. The Balaban J connectivity index is 1.58. The Kier molecular flexibility index (Phi) is 5.73. The molecular weight excluding hydrogens is 452 g/mol. The van der Waals surface area contributed by atoms with Crippen LogP contribution in [0.15, 0.2) is 45.7 Å². The summed E-state index contributed by atoms with van der Waals surface area (Å²) >= 11 is 5.95. The Bertz CT molecular complexity index is 1470. The third-order valence-electron chi connectivity index (χ3n) is 5.50. The monoisotopic (exact) mass is 470 g/mol. The van der Waals surface area contributed by atoms with E-state index in [0.29, 0.717) is 27.4 Å².